The van der Waals surface area contributed by atoms with Crippen LogP contribution in [0.25, 0.3) is 5.70 Å². The van der Waals surface area contributed by atoms with Crippen LogP contribution in [0.15, 0.2) is 33.4 Å². The number of hydrogen-bond donors (Lipinski definition) is 3. The van der Waals surface area contributed by atoms with Gasteiger partial charge in [-0.2, -0.15) is 0 Å². The van der Waals surface area contributed by atoms with Gasteiger partial charge in [0.05, 0.1) is 34.1 Å². The lowest BCUT2D eigenvalue weighted by Crippen LogP contribution is -2.64. The van der Waals surface area contributed by atoms with E-state index < -0.39 is 5.82 Å². The second-order valence-electron chi connectivity index (χ2n) is 6.62. The molecular formula is C17H17Cl2FN4O3S2. The first-order chi connectivity index (χ1) is 13.8. The van der Waals surface area contributed by atoms with Gasteiger partial charge in [-0.1, -0.05) is 46.3 Å². The number of rotatable bonds is 5. The Hall–Kier alpha value is -1.27. The van der Waals surface area contributed by atoms with Crippen LogP contribution in [0.1, 0.15) is 12.1 Å². The van der Waals surface area contributed by atoms with E-state index in [0.29, 0.717) is 29.3 Å². The van der Waals surface area contributed by atoms with Crippen molar-refractivity contribution >= 4 is 52.0 Å². The molecule has 0 spiro atoms. The maximum absolute atomic E-state index is 13.7. The fourth-order valence-electron chi connectivity index (χ4n) is 3.21. The van der Waals surface area contributed by atoms with Crippen molar-refractivity contribution in [2.24, 2.45) is 11.6 Å². The number of aromatic amines is 1. The molecule has 1 aromatic carbocycles. The Kier molecular flexibility index (Phi) is 6.12. The molecule has 2 aromatic rings. The Morgan fingerprint density at radius 1 is 1.41 bits per heavy atom. The minimum Gasteiger partial charge on any atom is -0.396 e. The molecule has 29 heavy (non-hydrogen) atoms. The number of ether oxygens (including phenoxy) is 2. The molecule has 2 aliphatic rings. The first kappa shape index (κ1) is 21.0. The number of thioether (sulfide) groups is 1. The number of nitrogens with one attached hydrogen (secondary N) is 1. The first-order valence-electron chi connectivity index (χ1n) is 8.58. The number of aromatic nitrogens is 1. The maximum Gasteiger partial charge on any atom is 0.304 e. The van der Waals surface area contributed by atoms with E-state index in [0.717, 1.165) is 11.3 Å². The van der Waals surface area contributed by atoms with Gasteiger partial charge in [-0.25, -0.2) is 10.2 Å². The number of nitrogens with two attached hydrogens (primary N) is 2. The van der Waals surface area contributed by atoms with Crippen molar-refractivity contribution in [2.45, 2.75) is 35.0 Å². The largest absolute Gasteiger partial charge is 0.396 e. The monoisotopic (exact) mass is 478 g/mol. The standard InChI is InChI=1S/C17H17Cl2FN4O3S2/c18-8-1-7(2-9(19)15(8)20)29-14-3-12(16-13(27-14)5-26-16)24(22)4-10(21)11-6-28-17(25)23-11/h1-2,4,6,12-14,16H,3,5,21-22H2,(H,23,25)/b10-4-/t12-,13?,14?,16?/m1/s1. The minimum atomic E-state index is -0.646. The topological polar surface area (TPSA) is 107 Å². The summed E-state index contributed by atoms with van der Waals surface area (Å²) in [5.41, 5.74) is 6.65. The third-order valence-electron chi connectivity index (χ3n) is 4.69. The van der Waals surface area contributed by atoms with Crippen LogP contribution in [0.3, 0.4) is 0 Å². The van der Waals surface area contributed by atoms with E-state index >= 15 is 0 Å². The second-order valence-corrected chi connectivity index (χ2v) is 9.51. The highest BCUT2D eigenvalue weighted by Crippen LogP contribution is 2.40. The average Bonchev–Trinajstić information content (AvgIpc) is 3.08. The molecule has 0 radical (unpaired) electrons. The van der Waals surface area contributed by atoms with Gasteiger partial charge in [0, 0.05) is 22.9 Å². The number of thiazole rings is 1. The number of nitrogens with zero attached hydrogens (tertiary/aromatic N) is 1. The number of fused-ring (bicyclic) bond motifs is 1. The van der Waals surface area contributed by atoms with Crippen molar-refractivity contribution in [2.75, 3.05) is 6.61 Å². The highest BCUT2D eigenvalue weighted by molar-refractivity contribution is 7.99. The molecule has 2 saturated heterocycles. The van der Waals surface area contributed by atoms with Crippen LogP contribution < -0.4 is 16.4 Å². The van der Waals surface area contributed by atoms with E-state index in [4.69, 9.17) is 44.3 Å². The zero-order valence-electron chi connectivity index (χ0n) is 14.8. The highest BCUT2D eigenvalue weighted by Gasteiger charge is 2.47. The Morgan fingerprint density at radius 2 is 2.14 bits per heavy atom. The molecule has 0 aliphatic carbocycles. The predicted octanol–water partition coefficient (Wildman–Crippen LogP) is 2.99. The number of H-pyrrole nitrogens is 1. The fourth-order valence-corrected chi connectivity index (χ4v) is 5.58. The lowest BCUT2D eigenvalue weighted by atomic mass is 9.95. The zero-order valence-corrected chi connectivity index (χ0v) is 18.0. The Morgan fingerprint density at radius 3 is 2.72 bits per heavy atom. The molecule has 7 nitrogen and oxygen atoms in total. The summed E-state index contributed by atoms with van der Waals surface area (Å²) in [6.45, 7) is 0.466. The molecule has 0 saturated carbocycles. The molecular weight excluding hydrogens is 462 g/mol. The van der Waals surface area contributed by atoms with Crippen molar-refractivity contribution < 1.29 is 13.9 Å². The summed E-state index contributed by atoms with van der Waals surface area (Å²) < 4.78 is 25.3. The number of benzene rings is 1. The Balaban J connectivity index is 1.49. The second kappa shape index (κ2) is 8.46. The summed E-state index contributed by atoms with van der Waals surface area (Å²) in [5.74, 6) is 5.61. The van der Waals surface area contributed by atoms with Crippen molar-refractivity contribution in [3.8, 4) is 0 Å². The molecule has 2 fully saturated rings. The molecule has 156 valence electrons. The fraction of sp³-hybridized carbons (Fsp3) is 0.353. The zero-order chi connectivity index (χ0) is 20.7. The van der Waals surface area contributed by atoms with E-state index in [1.54, 1.807) is 11.6 Å². The molecule has 4 atom stereocenters. The third kappa shape index (κ3) is 4.43. The summed E-state index contributed by atoms with van der Waals surface area (Å²) in [7, 11) is 0. The van der Waals surface area contributed by atoms with Crippen LogP contribution in [-0.4, -0.2) is 40.3 Å². The smallest absolute Gasteiger partial charge is 0.304 e. The molecule has 1 aromatic heterocycles. The molecule has 0 amide bonds. The highest BCUT2D eigenvalue weighted by atomic mass is 35.5. The van der Waals surface area contributed by atoms with Gasteiger partial charge in [0.2, 0.25) is 0 Å². The van der Waals surface area contributed by atoms with Gasteiger partial charge in [-0.3, -0.25) is 4.79 Å². The number of hydrogen-bond acceptors (Lipinski definition) is 8. The normalized spacial score (nSPS) is 26.7. The van der Waals surface area contributed by atoms with Crippen molar-refractivity contribution in [1.29, 1.82) is 0 Å². The van der Waals surface area contributed by atoms with Gasteiger partial charge in [-0.05, 0) is 12.1 Å². The summed E-state index contributed by atoms with van der Waals surface area (Å²) >= 11 is 14.2. The van der Waals surface area contributed by atoms with Crippen molar-refractivity contribution in [1.82, 2.24) is 9.99 Å². The number of hydrazine groups is 1. The molecule has 3 unspecified atom stereocenters. The van der Waals surface area contributed by atoms with Gasteiger partial charge in [0.1, 0.15) is 17.6 Å². The van der Waals surface area contributed by atoms with Crippen LogP contribution in [0.5, 0.6) is 0 Å². The quantitative estimate of drug-likeness (QED) is 0.344. The predicted molar refractivity (Wildman–Crippen MR) is 112 cm³/mol. The SMILES string of the molecule is N/C(=C\N(N)[C@@H]1CC(Sc2cc(Cl)c(F)c(Cl)c2)OC2COC21)c1csc(=O)[nH]1. The molecule has 4 rings (SSSR count). The summed E-state index contributed by atoms with van der Waals surface area (Å²) in [5, 5.41) is 3.04. The Bertz CT molecular complexity index is 978. The van der Waals surface area contributed by atoms with Gasteiger partial charge >= 0.3 is 4.87 Å². The van der Waals surface area contributed by atoms with E-state index in [-0.39, 0.29) is 38.6 Å². The molecule has 5 N–H and O–H groups in total. The van der Waals surface area contributed by atoms with Gasteiger partial charge in [0.25, 0.3) is 0 Å². The maximum atomic E-state index is 13.7. The van der Waals surface area contributed by atoms with Crippen LogP contribution in [0, 0.1) is 5.82 Å². The number of halogens is 3. The summed E-state index contributed by atoms with van der Waals surface area (Å²) in [4.78, 5) is 14.5. The van der Waals surface area contributed by atoms with Gasteiger partial charge in [-0.15, -0.1) is 0 Å². The van der Waals surface area contributed by atoms with E-state index in [2.05, 4.69) is 4.98 Å². The van der Waals surface area contributed by atoms with Crippen LogP contribution in [0.2, 0.25) is 10.0 Å². The van der Waals surface area contributed by atoms with Crippen LogP contribution >= 0.6 is 46.3 Å². The molecule has 3 heterocycles. The van der Waals surface area contributed by atoms with Crippen molar-refractivity contribution in [3.05, 3.63) is 54.9 Å². The summed E-state index contributed by atoms with van der Waals surface area (Å²) in [6.07, 6.45) is 1.79. The van der Waals surface area contributed by atoms with Gasteiger partial charge in [0.15, 0.2) is 5.82 Å². The van der Waals surface area contributed by atoms with Crippen molar-refractivity contribution in [3.63, 3.8) is 0 Å². The van der Waals surface area contributed by atoms with Crippen LogP contribution in [-0.2, 0) is 9.47 Å². The molecule has 12 heteroatoms. The summed E-state index contributed by atoms with van der Waals surface area (Å²) in [6, 6.07) is 2.83. The molecule has 0 bridgehead atoms. The van der Waals surface area contributed by atoms with E-state index in [1.807, 2.05) is 0 Å². The third-order valence-corrected chi connectivity index (χ3v) is 6.98. The van der Waals surface area contributed by atoms with Gasteiger partial charge < -0.3 is 25.2 Å². The van der Waals surface area contributed by atoms with Crippen LogP contribution in [0.4, 0.5) is 4.39 Å². The first-order valence-corrected chi connectivity index (χ1v) is 11.1. The Labute approximate surface area is 183 Å². The van der Waals surface area contributed by atoms with E-state index in [1.165, 1.54) is 28.9 Å². The average molecular weight is 479 g/mol. The minimum absolute atomic E-state index is 0.0434. The lowest BCUT2D eigenvalue weighted by molar-refractivity contribution is -0.241. The van der Waals surface area contributed by atoms with E-state index in [9.17, 15) is 9.18 Å². The lowest BCUT2D eigenvalue weighted by Gasteiger charge is -2.49. The molecule has 2 aliphatic heterocycles.